The van der Waals surface area contributed by atoms with E-state index in [9.17, 15) is 14.0 Å². The zero-order valence-corrected chi connectivity index (χ0v) is 19.1. The highest BCUT2D eigenvalue weighted by Crippen LogP contribution is 2.43. The van der Waals surface area contributed by atoms with Gasteiger partial charge in [-0.05, 0) is 41.5 Å². The molecule has 4 rings (SSSR count). The zero-order valence-electron chi connectivity index (χ0n) is 16.8. The van der Waals surface area contributed by atoms with Crippen LogP contribution in [0, 0.1) is 5.82 Å². The SMILES string of the molecule is O=C(NCc1ccccc1)C1CSC(c2ccc(F)cc2)N1C(=O)c1ccc(Cl)cc1Cl. The Bertz CT molecular complexity index is 1130. The van der Waals surface area contributed by atoms with E-state index in [4.69, 9.17) is 23.2 Å². The number of hydrogen-bond donors (Lipinski definition) is 1. The number of thioether (sulfide) groups is 1. The van der Waals surface area contributed by atoms with Gasteiger partial charge in [0.05, 0.1) is 10.6 Å². The summed E-state index contributed by atoms with van der Waals surface area (Å²) in [6.45, 7) is 0.353. The van der Waals surface area contributed by atoms with E-state index in [-0.39, 0.29) is 28.2 Å². The quantitative estimate of drug-likeness (QED) is 0.500. The van der Waals surface area contributed by atoms with Crippen LogP contribution in [-0.2, 0) is 11.3 Å². The van der Waals surface area contributed by atoms with Crippen LogP contribution in [0.2, 0.25) is 10.0 Å². The molecule has 1 N–H and O–H groups in total. The summed E-state index contributed by atoms with van der Waals surface area (Å²) in [6, 6.07) is 19.4. The lowest BCUT2D eigenvalue weighted by Gasteiger charge is -2.29. The van der Waals surface area contributed by atoms with Gasteiger partial charge in [0.25, 0.3) is 5.91 Å². The van der Waals surface area contributed by atoms with Crippen LogP contribution in [0.3, 0.4) is 0 Å². The first kappa shape index (κ1) is 22.6. The van der Waals surface area contributed by atoms with E-state index in [2.05, 4.69) is 5.32 Å². The van der Waals surface area contributed by atoms with Crippen molar-refractivity contribution in [3.8, 4) is 0 Å². The Balaban J connectivity index is 1.63. The van der Waals surface area contributed by atoms with Crippen molar-refractivity contribution in [3.63, 3.8) is 0 Å². The van der Waals surface area contributed by atoms with Crippen molar-refractivity contribution >= 4 is 46.8 Å². The molecule has 0 radical (unpaired) electrons. The molecule has 0 saturated carbocycles. The van der Waals surface area contributed by atoms with Crippen LogP contribution in [0.4, 0.5) is 4.39 Å². The molecule has 0 spiro atoms. The summed E-state index contributed by atoms with van der Waals surface area (Å²) in [6.07, 6.45) is 0. The second kappa shape index (κ2) is 9.94. The Morgan fingerprint density at radius 3 is 2.44 bits per heavy atom. The Kier molecular flexibility index (Phi) is 7.04. The summed E-state index contributed by atoms with van der Waals surface area (Å²) in [7, 11) is 0. The van der Waals surface area contributed by atoms with E-state index in [0.29, 0.717) is 17.3 Å². The van der Waals surface area contributed by atoms with E-state index in [1.165, 1.54) is 34.9 Å². The smallest absolute Gasteiger partial charge is 0.257 e. The molecule has 8 heteroatoms. The highest BCUT2D eigenvalue weighted by atomic mass is 35.5. The molecule has 0 bridgehead atoms. The number of amides is 2. The first-order valence-corrected chi connectivity index (χ1v) is 11.7. The molecule has 2 unspecified atom stereocenters. The largest absolute Gasteiger partial charge is 0.350 e. The average molecular weight is 489 g/mol. The molecule has 1 aliphatic rings. The van der Waals surface area contributed by atoms with Gasteiger partial charge in [0.2, 0.25) is 5.91 Å². The third-order valence-electron chi connectivity index (χ3n) is 5.16. The van der Waals surface area contributed by atoms with Crippen molar-refractivity contribution in [3.05, 3.63) is 105 Å². The van der Waals surface area contributed by atoms with Crippen LogP contribution in [0.25, 0.3) is 0 Å². The lowest BCUT2D eigenvalue weighted by molar-refractivity contribution is -0.125. The number of halogens is 3. The van der Waals surface area contributed by atoms with Crippen LogP contribution in [0.5, 0.6) is 0 Å². The van der Waals surface area contributed by atoms with Gasteiger partial charge in [0.15, 0.2) is 0 Å². The minimum Gasteiger partial charge on any atom is -0.350 e. The van der Waals surface area contributed by atoms with Gasteiger partial charge in [-0.3, -0.25) is 9.59 Å². The van der Waals surface area contributed by atoms with Gasteiger partial charge in [-0.1, -0.05) is 65.7 Å². The molecule has 164 valence electrons. The van der Waals surface area contributed by atoms with Gasteiger partial charge >= 0.3 is 0 Å². The molecule has 3 aromatic carbocycles. The summed E-state index contributed by atoms with van der Waals surface area (Å²) in [5.41, 5.74) is 1.94. The van der Waals surface area contributed by atoms with Crippen molar-refractivity contribution < 1.29 is 14.0 Å². The molecule has 4 nitrogen and oxygen atoms in total. The Morgan fingerprint density at radius 2 is 1.75 bits per heavy atom. The molecular weight excluding hydrogens is 470 g/mol. The average Bonchev–Trinajstić information content (AvgIpc) is 3.23. The Hall–Kier alpha value is -2.54. The highest BCUT2D eigenvalue weighted by molar-refractivity contribution is 7.99. The first-order valence-electron chi connectivity index (χ1n) is 9.90. The number of rotatable bonds is 5. The number of carbonyl (C=O) groups excluding carboxylic acids is 2. The predicted octanol–water partition coefficient (Wildman–Crippen LogP) is 5.71. The van der Waals surface area contributed by atoms with Gasteiger partial charge in [0.1, 0.15) is 17.2 Å². The maximum absolute atomic E-state index is 13.5. The minimum absolute atomic E-state index is 0.209. The number of nitrogens with one attached hydrogen (secondary N) is 1. The summed E-state index contributed by atoms with van der Waals surface area (Å²) < 4.78 is 13.5. The fourth-order valence-electron chi connectivity index (χ4n) is 3.55. The molecule has 0 aliphatic carbocycles. The molecule has 2 amide bonds. The Morgan fingerprint density at radius 1 is 1.03 bits per heavy atom. The minimum atomic E-state index is -0.710. The van der Waals surface area contributed by atoms with E-state index in [1.54, 1.807) is 24.3 Å². The van der Waals surface area contributed by atoms with E-state index >= 15 is 0 Å². The summed E-state index contributed by atoms with van der Waals surface area (Å²) in [5, 5.41) is 3.09. The van der Waals surface area contributed by atoms with Crippen LogP contribution in [-0.4, -0.2) is 28.5 Å². The van der Waals surface area contributed by atoms with E-state index in [1.807, 2.05) is 30.3 Å². The molecule has 1 saturated heterocycles. The first-order chi connectivity index (χ1) is 15.4. The molecule has 1 heterocycles. The lowest BCUT2D eigenvalue weighted by atomic mass is 10.1. The van der Waals surface area contributed by atoms with Gasteiger partial charge in [-0.25, -0.2) is 4.39 Å². The maximum atomic E-state index is 13.5. The van der Waals surface area contributed by atoms with Crippen LogP contribution in [0.1, 0.15) is 26.9 Å². The maximum Gasteiger partial charge on any atom is 0.257 e. The normalized spacial score (nSPS) is 17.9. The Labute approximate surface area is 199 Å². The van der Waals surface area contributed by atoms with Crippen molar-refractivity contribution in [1.82, 2.24) is 10.2 Å². The molecule has 1 aliphatic heterocycles. The van der Waals surface area contributed by atoms with Gasteiger partial charge in [-0.2, -0.15) is 0 Å². The van der Waals surface area contributed by atoms with Crippen molar-refractivity contribution in [1.29, 1.82) is 0 Å². The summed E-state index contributed by atoms with van der Waals surface area (Å²) >= 11 is 13.7. The monoisotopic (exact) mass is 488 g/mol. The molecule has 2 atom stereocenters. The van der Waals surface area contributed by atoms with Crippen molar-refractivity contribution in [2.45, 2.75) is 18.0 Å². The number of benzene rings is 3. The van der Waals surface area contributed by atoms with Crippen LogP contribution < -0.4 is 5.32 Å². The fraction of sp³-hybridized carbons (Fsp3) is 0.167. The van der Waals surface area contributed by atoms with Crippen molar-refractivity contribution in [2.24, 2.45) is 0 Å². The predicted molar refractivity (Wildman–Crippen MR) is 126 cm³/mol. The number of nitrogens with zero attached hydrogens (tertiary/aromatic N) is 1. The third kappa shape index (κ3) is 4.93. The topological polar surface area (TPSA) is 49.4 Å². The fourth-order valence-corrected chi connectivity index (χ4v) is 5.46. The molecule has 0 aromatic heterocycles. The zero-order chi connectivity index (χ0) is 22.7. The second-order valence-corrected chi connectivity index (χ2v) is 9.25. The standard InChI is InChI=1S/C24H19Cl2FN2O2S/c25-17-8-11-19(20(26)12-17)23(31)29-21(22(30)28-13-15-4-2-1-3-5-15)14-32-24(29)16-6-9-18(27)10-7-16/h1-12,21,24H,13-14H2,(H,28,30). The summed E-state index contributed by atoms with van der Waals surface area (Å²) in [4.78, 5) is 28.2. The summed E-state index contributed by atoms with van der Waals surface area (Å²) in [5.74, 6) is -0.609. The third-order valence-corrected chi connectivity index (χ3v) is 7.03. The van der Waals surface area contributed by atoms with E-state index < -0.39 is 11.4 Å². The van der Waals surface area contributed by atoms with Gasteiger partial charge < -0.3 is 10.2 Å². The molecule has 32 heavy (non-hydrogen) atoms. The number of carbonyl (C=O) groups is 2. The lowest BCUT2D eigenvalue weighted by Crippen LogP contribution is -2.47. The van der Waals surface area contributed by atoms with Crippen LogP contribution >= 0.6 is 35.0 Å². The molecule has 3 aromatic rings. The van der Waals surface area contributed by atoms with Gasteiger partial charge in [-0.15, -0.1) is 11.8 Å². The van der Waals surface area contributed by atoms with E-state index in [0.717, 1.165) is 11.1 Å². The highest BCUT2D eigenvalue weighted by Gasteiger charge is 2.43. The second-order valence-electron chi connectivity index (χ2n) is 7.29. The van der Waals surface area contributed by atoms with Gasteiger partial charge in [0, 0.05) is 17.3 Å². The molecule has 1 fully saturated rings. The van der Waals surface area contributed by atoms with Crippen LogP contribution in [0.15, 0.2) is 72.8 Å². The number of hydrogen-bond acceptors (Lipinski definition) is 3. The molecular formula is C24H19Cl2FN2O2S. The van der Waals surface area contributed by atoms with Crippen molar-refractivity contribution in [2.75, 3.05) is 5.75 Å².